The van der Waals surface area contributed by atoms with E-state index in [1.165, 1.54) is 4.90 Å². The Balaban J connectivity index is 2.98. The fraction of sp³-hybridized carbons (Fsp3) is 0.412. The quantitative estimate of drug-likeness (QED) is 0.348. The van der Waals surface area contributed by atoms with Gasteiger partial charge in [0.05, 0.1) is 18.7 Å². The molecule has 0 saturated heterocycles. The van der Waals surface area contributed by atoms with Gasteiger partial charge in [-0.15, -0.1) is 0 Å². The second kappa shape index (κ2) is 9.21. The molecule has 1 aromatic rings. The maximum atomic E-state index is 13.2. The first kappa shape index (κ1) is 21.5. The molecule has 0 saturated carbocycles. The summed E-state index contributed by atoms with van der Waals surface area (Å²) in [6, 6.07) is 2.43. The summed E-state index contributed by atoms with van der Waals surface area (Å²) in [6.45, 7) is 5.39. The zero-order valence-corrected chi connectivity index (χ0v) is 14.9. The number of benzene rings is 1. The Hall–Kier alpha value is -2.58. The van der Waals surface area contributed by atoms with E-state index in [-0.39, 0.29) is 30.5 Å². The van der Waals surface area contributed by atoms with E-state index in [0.29, 0.717) is 12.6 Å². The lowest BCUT2D eigenvalue weighted by Gasteiger charge is -2.16. The molecule has 0 aliphatic rings. The van der Waals surface area contributed by atoms with Crippen molar-refractivity contribution in [3.8, 4) is 0 Å². The zero-order chi connectivity index (χ0) is 19.9. The van der Waals surface area contributed by atoms with E-state index in [1.807, 2.05) is 0 Å². The fourth-order valence-electron chi connectivity index (χ4n) is 1.84. The first-order valence-corrected chi connectivity index (χ1v) is 7.73. The third-order valence-corrected chi connectivity index (χ3v) is 3.25. The van der Waals surface area contributed by atoms with Gasteiger partial charge in [0.1, 0.15) is 5.82 Å². The van der Waals surface area contributed by atoms with Crippen molar-refractivity contribution >= 4 is 11.9 Å². The van der Waals surface area contributed by atoms with E-state index in [0.717, 1.165) is 17.7 Å². The van der Waals surface area contributed by atoms with E-state index in [9.17, 15) is 22.4 Å². The Bertz CT molecular complexity index is 684. The number of amides is 1. The Morgan fingerprint density at radius 3 is 2.38 bits per heavy atom. The summed E-state index contributed by atoms with van der Waals surface area (Å²) < 4.78 is 52.3. The van der Waals surface area contributed by atoms with Crippen molar-refractivity contribution in [1.29, 1.82) is 0 Å². The Kier molecular flexibility index (Phi) is 7.60. The highest BCUT2D eigenvalue weighted by atomic mass is 19.4. The van der Waals surface area contributed by atoms with Gasteiger partial charge in [0, 0.05) is 20.6 Å². The summed E-state index contributed by atoms with van der Waals surface area (Å²) in [5.74, 6) is -1.05. The maximum Gasteiger partial charge on any atom is 0.416 e. The van der Waals surface area contributed by atoms with Crippen LogP contribution in [0.4, 0.5) is 17.6 Å². The van der Waals surface area contributed by atoms with Crippen LogP contribution in [0.2, 0.25) is 0 Å². The van der Waals surface area contributed by atoms with Crippen molar-refractivity contribution in [2.24, 2.45) is 4.99 Å². The van der Waals surface area contributed by atoms with Crippen LogP contribution in [0.1, 0.15) is 18.1 Å². The summed E-state index contributed by atoms with van der Waals surface area (Å²) in [4.78, 5) is 17.1. The number of hydrogen-bond donors (Lipinski definition) is 2. The van der Waals surface area contributed by atoms with Crippen molar-refractivity contribution in [1.82, 2.24) is 15.5 Å². The van der Waals surface area contributed by atoms with Gasteiger partial charge in [0.2, 0.25) is 5.91 Å². The largest absolute Gasteiger partial charge is 0.416 e. The van der Waals surface area contributed by atoms with Gasteiger partial charge in [-0.2, -0.15) is 13.2 Å². The normalized spacial score (nSPS) is 11.9. The zero-order valence-electron chi connectivity index (χ0n) is 14.9. The number of nitrogens with zero attached hydrogens (tertiary/aromatic N) is 2. The summed E-state index contributed by atoms with van der Waals surface area (Å²) >= 11 is 0. The van der Waals surface area contributed by atoms with Crippen molar-refractivity contribution in [3.05, 3.63) is 47.3 Å². The number of nitrogens with one attached hydrogen (secondary N) is 2. The highest BCUT2D eigenvalue weighted by Gasteiger charge is 2.33. The summed E-state index contributed by atoms with van der Waals surface area (Å²) in [6.07, 6.45) is -4.69. The summed E-state index contributed by atoms with van der Waals surface area (Å²) in [5.41, 5.74) is -0.477. The molecule has 0 spiro atoms. The highest BCUT2D eigenvalue weighted by molar-refractivity contribution is 5.86. The van der Waals surface area contributed by atoms with Gasteiger partial charge in [-0.05, 0) is 24.6 Å². The molecule has 0 fully saturated rings. The molecular weight excluding hydrogens is 352 g/mol. The van der Waals surface area contributed by atoms with Gasteiger partial charge in [-0.1, -0.05) is 18.2 Å². The standard InChI is InChI=1S/C17H22F4N4O/c1-11(2)8-22-16(24-10-15(26)25(3)4)23-9-12-5-6-13(18)7-14(12)17(19,20)21/h5-7H,1,8-10H2,2-4H3,(H2,22,23,24). The molecule has 1 aromatic carbocycles. The lowest BCUT2D eigenvalue weighted by Crippen LogP contribution is -2.43. The molecule has 0 unspecified atom stereocenters. The van der Waals surface area contributed by atoms with Crippen molar-refractivity contribution < 1.29 is 22.4 Å². The minimum absolute atomic E-state index is 0.0788. The molecule has 0 aliphatic carbocycles. The van der Waals surface area contributed by atoms with Crippen LogP contribution >= 0.6 is 0 Å². The van der Waals surface area contributed by atoms with Gasteiger partial charge >= 0.3 is 6.18 Å². The second-order valence-corrected chi connectivity index (χ2v) is 5.92. The van der Waals surface area contributed by atoms with Crippen molar-refractivity contribution in [2.75, 3.05) is 27.2 Å². The van der Waals surface area contributed by atoms with E-state index in [1.54, 1.807) is 21.0 Å². The van der Waals surface area contributed by atoms with Gasteiger partial charge in [0.15, 0.2) is 5.96 Å². The average molecular weight is 374 g/mol. The predicted molar refractivity (Wildman–Crippen MR) is 92.1 cm³/mol. The predicted octanol–water partition coefficient (Wildman–Crippen LogP) is 2.54. The van der Waals surface area contributed by atoms with Crippen LogP contribution in [0, 0.1) is 5.82 Å². The van der Waals surface area contributed by atoms with Gasteiger partial charge in [-0.25, -0.2) is 9.38 Å². The number of halogens is 4. The van der Waals surface area contributed by atoms with Gasteiger partial charge < -0.3 is 15.5 Å². The number of carbonyl (C=O) groups is 1. The molecule has 2 N–H and O–H groups in total. The Morgan fingerprint density at radius 2 is 1.85 bits per heavy atom. The topological polar surface area (TPSA) is 56.7 Å². The third-order valence-electron chi connectivity index (χ3n) is 3.25. The number of guanidine groups is 1. The number of rotatable bonds is 6. The lowest BCUT2D eigenvalue weighted by atomic mass is 10.1. The maximum absolute atomic E-state index is 13.2. The van der Waals surface area contributed by atoms with Crippen molar-refractivity contribution in [2.45, 2.75) is 19.6 Å². The van der Waals surface area contributed by atoms with Crippen molar-refractivity contribution in [3.63, 3.8) is 0 Å². The van der Waals surface area contributed by atoms with Crippen LogP contribution < -0.4 is 10.6 Å². The van der Waals surface area contributed by atoms with Crippen LogP contribution in [0.15, 0.2) is 35.3 Å². The van der Waals surface area contributed by atoms with E-state index in [4.69, 9.17) is 0 Å². The van der Waals surface area contributed by atoms with Crippen LogP contribution in [0.25, 0.3) is 0 Å². The Labute approximate surface area is 149 Å². The summed E-state index contributed by atoms with van der Waals surface area (Å²) in [5, 5.41) is 5.61. The highest BCUT2D eigenvalue weighted by Crippen LogP contribution is 2.32. The second-order valence-electron chi connectivity index (χ2n) is 5.92. The first-order valence-electron chi connectivity index (χ1n) is 7.73. The number of hydrogen-bond acceptors (Lipinski definition) is 2. The van der Waals surface area contributed by atoms with Crippen LogP contribution in [0.5, 0.6) is 0 Å². The van der Waals surface area contributed by atoms with Crippen LogP contribution in [-0.4, -0.2) is 44.0 Å². The molecule has 0 aromatic heterocycles. The molecular formula is C17H22F4N4O. The fourth-order valence-corrected chi connectivity index (χ4v) is 1.84. The molecule has 26 heavy (non-hydrogen) atoms. The number of alkyl halides is 3. The van der Waals surface area contributed by atoms with Crippen LogP contribution in [0.3, 0.4) is 0 Å². The van der Waals surface area contributed by atoms with E-state index < -0.39 is 17.6 Å². The molecule has 0 atom stereocenters. The molecule has 0 radical (unpaired) electrons. The van der Waals surface area contributed by atoms with E-state index in [2.05, 4.69) is 22.2 Å². The van der Waals surface area contributed by atoms with Gasteiger partial charge in [-0.3, -0.25) is 4.79 Å². The molecule has 0 aliphatic heterocycles. The molecule has 144 valence electrons. The lowest BCUT2D eigenvalue weighted by molar-refractivity contribution is -0.138. The minimum atomic E-state index is -4.69. The molecule has 9 heteroatoms. The Morgan fingerprint density at radius 1 is 1.23 bits per heavy atom. The van der Waals surface area contributed by atoms with Crippen LogP contribution in [-0.2, 0) is 17.5 Å². The molecule has 1 amide bonds. The minimum Gasteiger partial charge on any atom is -0.353 e. The third kappa shape index (κ3) is 7.12. The molecule has 0 bridgehead atoms. The smallest absolute Gasteiger partial charge is 0.353 e. The average Bonchev–Trinajstić information content (AvgIpc) is 2.53. The van der Waals surface area contributed by atoms with E-state index >= 15 is 0 Å². The first-order chi connectivity index (χ1) is 12.0. The molecule has 1 rings (SSSR count). The monoisotopic (exact) mass is 374 g/mol. The number of carbonyl (C=O) groups excluding carboxylic acids is 1. The SMILES string of the molecule is C=C(C)CNC(=NCc1ccc(F)cc1C(F)(F)F)NCC(=O)N(C)C. The number of likely N-dealkylation sites (N-methyl/N-ethyl adjacent to an activating group) is 1. The molecule has 0 heterocycles. The summed E-state index contributed by atoms with van der Waals surface area (Å²) in [7, 11) is 3.16. The number of aliphatic imine (C=N–C) groups is 1. The van der Waals surface area contributed by atoms with Gasteiger partial charge in [0.25, 0.3) is 0 Å². The molecule has 5 nitrogen and oxygen atoms in total.